The van der Waals surface area contributed by atoms with Crippen molar-refractivity contribution in [2.24, 2.45) is 5.92 Å². The minimum atomic E-state index is -3.73. The second-order valence-corrected chi connectivity index (χ2v) is 8.31. The lowest BCUT2D eigenvalue weighted by atomic mass is 10.1. The largest absolute Gasteiger partial charge is 0.381 e. The second-order valence-electron chi connectivity index (χ2n) is 6.71. The molecule has 152 valence electrons. The van der Waals surface area contributed by atoms with E-state index in [-0.39, 0.29) is 11.8 Å². The molecule has 0 bridgehead atoms. The van der Waals surface area contributed by atoms with Gasteiger partial charge in [-0.25, -0.2) is 8.42 Å². The van der Waals surface area contributed by atoms with Crippen molar-refractivity contribution in [3.05, 3.63) is 41.3 Å². The third-order valence-electron chi connectivity index (χ3n) is 3.89. The Labute approximate surface area is 163 Å². The first-order valence-electron chi connectivity index (χ1n) is 9.46. The van der Waals surface area contributed by atoms with Crippen LogP contribution in [0.5, 0.6) is 0 Å². The van der Waals surface area contributed by atoms with Crippen molar-refractivity contribution >= 4 is 22.0 Å². The van der Waals surface area contributed by atoms with Crippen molar-refractivity contribution in [3.63, 3.8) is 0 Å². The lowest BCUT2D eigenvalue weighted by molar-refractivity contribution is -0.123. The number of ether oxygens (including phenoxy) is 1. The predicted molar refractivity (Wildman–Crippen MR) is 110 cm³/mol. The third-order valence-corrected chi connectivity index (χ3v) is 4.96. The zero-order chi connectivity index (χ0) is 20.1. The first-order valence-corrected chi connectivity index (χ1v) is 11.0. The fraction of sp³-hybridized carbons (Fsp3) is 0.550. The standard InChI is InChI=1S/C20H32N2O4S/c1-4-5-14-26-15-9-13-21-20(23)19(17(2)3)22-27(24,25)16-12-18-10-7-6-8-11-18/h6-8,10-12,16-17,19,22H,4-5,9,13-15H2,1-3H3,(H,21,23). The molecule has 27 heavy (non-hydrogen) atoms. The number of amides is 1. The maximum absolute atomic E-state index is 12.4. The monoisotopic (exact) mass is 396 g/mol. The number of benzene rings is 1. The number of sulfonamides is 1. The van der Waals surface area contributed by atoms with Crippen LogP contribution in [0, 0.1) is 5.92 Å². The Bertz CT molecular complexity index is 672. The fourth-order valence-electron chi connectivity index (χ4n) is 2.29. The van der Waals surface area contributed by atoms with E-state index in [4.69, 9.17) is 4.74 Å². The van der Waals surface area contributed by atoms with E-state index in [0.29, 0.717) is 19.6 Å². The van der Waals surface area contributed by atoms with Crippen LogP contribution in [0.2, 0.25) is 0 Å². The van der Waals surface area contributed by atoms with E-state index in [0.717, 1.165) is 30.4 Å². The van der Waals surface area contributed by atoms with E-state index in [1.165, 1.54) is 6.08 Å². The normalized spacial score (nSPS) is 13.2. The molecule has 0 fully saturated rings. The predicted octanol–water partition coefficient (Wildman–Crippen LogP) is 2.92. The van der Waals surface area contributed by atoms with Crippen LogP contribution >= 0.6 is 0 Å². The van der Waals surface area contributed by atoms with Gasteiger partial charge in [0.1, 0.15) is 6.04 Å². The quantitative estimate of drug-likeness (QED) is 0.502. The molecular weight excluding hydrogens is 364 g/mol. The average Bonchev–Trinajstić information content (AvgIpc) is 2.64. The Morgan fingerprint density at radius 2 is 1.81 bits per heavy atom. The van der Waals surface area contributed by atoms with Gasteiger partial charge in [0.05, 0.1) is 0 Å². The molecular formula is C20H32N2O4S. The van der Waals surface area contributed by atoms with E-state index in [9.17, 15) is 13.2 Å². The van der Waals surface area contributed by atoms with Crippen molar-refractivity contribution in [3.8, 4) is 0 Å². The van der Waals surface area contributed by atoms with E-state index in [1.807, 2.05) is 32.0 Å². The Morgan fingerprint density at radius 1 is 1.15 bits per heavy atom. The van der Waals surface area contributed by atoms with Crippen molar-refractivity contribution in [2.45, 2.75) is 46.1 Å². The number of hydrogen-bond acceptors (Lipinski definition) is 4. The van der Waals surface area contributed by atoms with E-state index >= 15 is 0 Å². The van der Waals surface area contributed by atoms with Gasteiger partial charge >= 0.3 is 0 Å². The molecule has 1 rings (SSSR count). The molecule has 1 aromatic rings. The van der Waals surface area contributed by atoms with Gasteiger partial charge in [0.15, 0.2) is 0 Å². The summed E-state index contributed by atoms with van der Waals surface area (Å²) in [6.45, 7) is 7.48. The summed E-state index contributed by atoms with van der Waals surface area (Å²) in [5.74, 6) is -0.499. The maximum Gasteiger partial charge on any atom is 0.238 e. The number of unbranched alkanes of at least 4 members (excludes halogenated alkanes) is 1. The highest BCUT2D eigenvalue weighted by molar-refractivity contribution is 7.92. The number of rotatable bonds is 13. The van der Waals surface area contributed by atoms with Crippen LogP contribution in [-0.2, 0) is 19.6 Å². The number of nitrogens with one attached hydrogen (secondary N) is 2. The third kappa shape index (κ3) is 10.3. The Hall–Kier alpha value is -1.70. The SMILES string of the molecule is CCCCOCCCNC(=O)C(NS(=O)(=O)C=Cc1ccccc1)C(C)C. The average molecular weight is 397 g/mol. The first-order chi connectivity index (χ1) is 12.9. The van der Waals surface area contributed by atoms with Crippen LogP contribution in [0.15, 0.2) is 35.7 Å². The van der Waals surface area contributed by atoms with Gasteiger partial charge in [-0.05, 0) is 30.4 Å². The van der Waals surface area contributed by atoms with Gasteiger partial charge in [-0.15, -0.1) is 0 Å². The Morgan fingerprint density at radius 3 is 2.44 bits per heavy atom. The van der Waals surface area contributed by atoms with Gasteiger partial charge < -0.3 is 10.1 Å². The van der Waals surface area contributed by atoms with Crippen molar-refractivity contribution in [2.75, 3.05) is 19.8 Å². The number of hydrogen-bond donors (Lipinski definition) is 2. The minimum Gasteiger partial charge on any atom is -0.381 e. The summed E-state index contributed by atoms with van der Waals surface area (Å²) in [5.41, 5.74) is 0.775. The van der Waals surface area contributed by atoms with Crippen molar-refractivity contribution in [1.29, 1.82) is 0 Å². The van der Waals surface area contributed by atoms with Crippen molar-refractivity contribution < 1.29 is 17.9 Å². The molecule has 1 aromatic carbocycles. The summed E-state index contributed by atoms with van der Waals surface area (Å²) in [5, 5.41) is 3.87. The topological polar surface area (TPSA) is 84.5 Å². The zero-order valence-electron chi connectivity index (χ0n) is 16.5. The molecule has 0 aliphatic carbocycles. The summed E-state index contributed by atoms with van der Waals surface area (Å²) in [6, 6.07) is 8.31. The van der Waals surface area contributed by atoms with Crippen LogP contribution in [0.1, 0.15) is 45.6 Å². The Balaban J connectivity index is 2.51. The zero-order valence-corrected chi connectivity index (χ0v) is 17.3. The molecule has 0 aliphatic rings. The molecule has 1 amide bonds. The van der Waals surface area contributed by atoms with Crippen LogP contribution in [0.25, 0.3) is 6.08 Å². The van der Waals surface area contributed by atoms with Crippen LogP contribution in [-0.4, -0.2) is 40.1 Å². The molecule has 2 N–H and O–H groups in total. The van der Waals surface area contributed by atoms with Crippen LogP contribution in [0.3, 0.4) is 0 Å². The van der Waals surface area contributed by atoms with Gasteiger partial charge in [-0.2, -0.15) is 4.72 Å². The number of carbonyl (C=O) groups is 1. The highest BCUT2D eigenvalue weighted by Crippen LogP contribution is 2.07. The lowest BCUT2D eigenvalue weighted by Crippen LogP contribution is -2.49. The summed E-state index contributed by atoms with van der Waals surface area (Å²) < 4.78 is 32.5. The summed E-state index contributed by atoms with van der Waals surface area (Å²) in [4.78, 5) is 12.4. The lowest BCUT2D eigenvalue weighted by Gasteiger charge is -2.20. The highest BCUT2D eigenvalue weighted by atomic mass is 32.2. The molecule has 0 radical (unpaired) electrons. The molecule has 0 spiro atoms. The van der Waals surface area contributed by atoms with Crippen molar-refractivity contribution in [1.82, 2.24) is 10.0 Å². The molecule has 0 heterocycles. The van der Waals surface area contributed by atoms with Crippen LogP contribution in [0.4, 0.5) is 0 Å². The molecule has 1 atom stereocenters. The molecule has 0 aliphatic heterocycles. The second kappa shape index (κ2) is 12.6. The molecule has 6 nitrogen and oxygen atoms in total. The highest BCUT2D eigenvalue weighted by Gasteiger charge is 2.25. The number of carbonyl (C=O) groups excluding carboxylic acids is 1. The van der Waals surface area contributed by atoms with Gasteiger partial charge in [0.25, 0.3) is 0 Å². The Kier molecular flexibility index (Phi) is 10.9. The van der Waals surface area contributed by atoms with E-state index in [2.05, 4.69) is 17.0 Å². The summed E-state index contributed by atoms with van der Waals surface area (Å²) in [7, 11) is -3.73. The molecule has 0 saturated carbocycles. The van der Waals surface area contributed by atoms with E-state index in [1.54, 1.807) is 12.1 Å². The van der Waals surface area contributed by atoms with Gasteiger partial charge in [-0.3, -0.25) is 4.79 Å². The van der Waals surface area contributed by atoms with Gasteiger partial charge in [0.2, 0.25) is 15.9 Å². The van der Waals surface area contributed by atoms with E-state index < -0.39 is 16.1 Å². The molecule has 1 unspecified atom stereocenters. The van der Waals surface area contributed by atoms with Gasteiger partial charge in [-0.1, -0.05) is 57.5 Å². The smallest absolute Gasteiger partial charge is 0.238 e. The fourth-order valence-corrected chi connectivity index (χ4v) is 3.43. The first kappa shape index (κ1) is 23.3. The van der Waals surface area contributed by atoms with Crippen LogP contribution < -0.4 is 10.0 Å². The van der Waals surface area contributed by atoms with Gasteiger partial charge in [0, 0.05) is 25.2 Å². The molecule has 0 saturated heterocycles. The summed E-state index contributed by atoms with van der Waals surface area (Å²) in [6.07, 6.45) is 4.32. The molecule has 0 aromatic heterocycles. The minimum absolute atomic E-state index is 0.175. The summed E-state index contributed by atoms with van der Waals surface area (Å²) >= 11 is 0. The maximum atomic E-state index is 12.4. The molecule has 7 heteroatoms.